The third-order valence-corrected chi connectivity index (χ3v) is 4.48. The number of aromatic nitrogens is 2. The van der Waals surface area contributed by atoms with Crippen LogP contribution in [0.1, 0.15) is 10.5 Å². The first-order valence-corrected chi connectivity index (χ1v) is 8.33. The minimum absolute atomic E-state index is 0.193. The fraction of sp³-hybridized carbons (Fsp3) is 0.150. The Balaban J connectivity index is 1.68. The Morgan fingerprint density at radius 1 is 1.00 bits per heavy atom. The van der Waals surface area contributed by atoms with Crippen LogP contribution in [-0.4, -0.2) is 36.0 Å². The number of anilines is 2. The van der Waals surface area contributed by atoms with Crippen molar-refractivity contribution >= 4 is 17.3 Å². The number of fused-ring (bicyclic) bond motifs is 1. The molecule has 2 aromatic carbocycles. The molecule has 2 heterocycles. The molecule has 6 heteroatoms. The van der Waals surface area contributed by atoms with Crippen LogP contribution in [0.4, 0.5) is 15.8 Å². The maximum atomic E-state index is 13.1. The van der Waals surface area contributed by atoms with Gasteiger partial charge in [0, 0.05) is 25.7 Å². The fourth-order valence-electron chi connectivity index (χ4n) is 3.08. The number of carbonyl (C=O) groups excluding carboxylic acids is 1. The molecule has 1 aliphatic heterocycles. The van der Waals surface area contributed by atoms with Crippen molar-refractivity contribution in [1.82, 2.24) is 9.97 Å². The summed E-state index contributed by atoms with van der Waals surface area (Å²) in [7, 11) is 2.01. The van der Waals surface area contributed by atoms with Crippen LogP contribution in [0.3, 0.4) is 0 Å². The number of rotatable bonds is 2. The summed E-state index contributed by atoms with van der Waals surface area (Å²) in [5.41, 5.74) is 3.40. The normalized spacial score (nSPS) is 13.5. The number of nitrogens with zero attached hydrogens (tertiary/aromatic N) is 4. The second-order valence-corrected chi connectivity index (χ2v) is 6.16. The number of likely N-dealkylation sites (N-methyl/N-ethyl adjacent to an activating group) is 1. The molecule has 1 aromatic heterocycles. The van der Waals surface area contributed by atoms with Gasteiger partial charge >= 0.3 is 0 Å². The number of halogens is 1. The summed E-state index contributed by atoms with van der Waals surface area (Å²) >= 11 is 0. The van der Waals surface area contributed by atoms with E-state index >= 15 is 0 Å². The average molecular weight is 348 g/mol. The van der Waals surface area contributed by atoms with E-state index in [0.717, 1.165) is 17.9 Å². The van der Waals surface area contributed by atoms with Gasteiger partial charge in [-0.2, -0.15) is 0 Å². The van der Waals surface area contributed by atoms with E-state index in [-0.39, 0.29) is 17.4 Å². The molecule has 0 saturated heterocycles. The molecule has 130 valence electrons. The van der Waals surface area contributed by atoms with Crippen molar-refractivity contribution in [2.24, 2.45) is 0 Å². The molecule has 3 aromatic rings. The maximum Gasteiger partial charge on any atom is 0.278 e. The summed E-state index contributed by atoms with van der Waals surface area (Å²) in [4.78, 5) is 25.5. The summed E-state index contributed by atoms with van der Waals surface area (Å²) in [6.45, 7) is 1.32. The van der Waals surface area contributed by atoms with Crippen molar-refractivity contribution < 1.29 is 9.18 Å². The zero-order chi connectivity index (χ0) is 18.1. The van der Waals surface area contributed by atoms with Crippen LogP contribution in [0.2, 0.25) is 0 Å². The van der Waals surface area contributed by atoms with Gasteiger partial charge in [-0.3, -0.25) is 9.78 Å². The van der Waals surface area contributed by atoms with E-state index in [1.807, 2.05) is 31.3 Å². The van der Waals surface area contributed by atoms with E-state index in [4.69, 9.17) is 0 Å². The highest BCUT2D eigenvalue weighted by molar-refractivity contribution is 6.07. The van der Waals surface area contributed by atoms with Crippen molar-refractivity contribution in [3.8, 4) is 11.3 Å². The van der Waals surface area contributed by atoms with Gasteiger partial charge < -0.3 is 9.80 Å². The molecule has 0 saturated carbocycles. The summed E-state index contributed by atoms with van der Waals surface area (Å²) in [6, 6.07) is 13.8. The summed E-state index contributed by atoms with van der Waals surface area (Å²) in [5, 5.41) is 0. The van der Waals surface area contributed by atoms with Crippen molar-refractivity contribution in [2.45, 2.75) is 0 Å². The molecule has 1 aliphatic rings. The van der Waals surface area contributed by atoms with Crippen LogP contribution in [0.25, 0.3) is 11.3 Å². The first-order valence-electron chi connectivity index (χ1n) is 8.33. The van der Waals surface area contributed by atoms with E-state index in [0.29, 0.717) is 17.8 Å². The van der Waals surface area contributed by atoms with Gasteiger partial charge in [0.2, 0.25) is 0 Å². The van der Waals surface area contributed by atoms with Crippen molar-refractivity contribution in [1.29, 1.82) is 0 Å². The molecule has 0 N–H and O–H groups in total. The topological polar surface area (TPSA) is 49.3 Å². The molecule has 1 amide bonds. The van der Waals surface area contributed by atoms with Gasteiger partial charge in [0.25, 0.3) is 5.91 Å². The molecule has 26 heavy (non-hydrogen) atoms. The molecule has 0 atom stereocenters. The minimum Gasteiger partial charge on any atom is -0.371 e. The third-order valence-electron chi connectivity index (χ3n) is 4.48. The fourth-order valence-corrected chi connectivity index (χ4v) is 3.08. The maximum absolute atomic E-state index is 13.1. The highest BCUT2D eigenvalue weighted by atomic mass is 19.1. The number of carbonyl (C=O) groups is 1. The van der Waals surface area contributed by atoms with E-state index < -0.39 is 0 Å². The van der Waals surface area contributed by atoms with Gasteiger partial charge in [0.1, 0.15) is 11.5 Å². The molecular weight excluding hydrogens is 331 g/mol. The number of hydrogen-bond acceptors (Lipinski definition) is 4. The molecule has 0 fully saturated rings. The van der Waals surface area contributed by atoms with E-state index in [9.17, 15) is 9.18 Å². The van der Waals surface area contributed by atoms with Crippen LogP contribution in [0.15, 0.2) is 60.9 Å². The number of amides is 1. The van der Waals surface area contributed by atoms with Crippen LogP contribution in [0.5, 0.6) is 0 Å². The molecule has 0 unspecified atom stereocenters. The van der Waals surface area contributed by atoms with Gasteiger partial charge in [0.15, 0.2) is 0 Å². The first kappa shape index (κ1) is 16.2. The zero-order valence-corrected chi connectivity index (χ0v) is 14.3. The molecular formula is C20H17FN4O. The standard InChI is InChI=1S/C20H17FN4O/c1-24-10-11-25(19-5-3-2-4-18(19)24)20(26)17-13-22-12-16(23-17)14-6-8-15(21)9-7-14/h2-9,12-13H,10-11H2,1H3. The summed E-state index contributed by atoms with van der Waals surface area (Å²) in [6.07, 6.45) is 3.04. The van der Waals surface area contributed by atoms with Crippen LogP contribution in [0, 0.1) is 5.82 Å². The Hall–Kier alpha value is -3.28. The lowest BCUT2D eigenvalue weighted by Gasteiger charge is -2.35. The lowest BCUT2D eigenvalue weighted by atomic mass is 10.1. The van der Waals surface area contributed by atoms with Crippen LogP contribution >= 0.6 is 0 Å². The molecule has 4 rings (SSSR count). The summed E-state index contributed by atoms with van der Waals surface area (Å²) < 4.78 is 13.1. The Bertz CT molecular complexity index is 958. The molecule has 0 spiro atoms. The lowest BCUT2D eigenvalue weighted by Crippen LogP contribution is -2.43. The van der Waals surface area contributed by atoms with Gasteiger partial charge in [0.05, 0.1) is 29.5 Å². The predicted octanol–water partition coefficient (Wildman–Crippen LogP) is 3.38. The largest absolute Gasteiger partial charge is 0.371 e. The lowest BCUT2D eigenvalue weighted by molar-refractivity contribution is 0.0981. The Morgan fingerprint density at radius 2 is 1.73 bits per heavy atom. The van der Waals surface area contributed by atoms with E-state index in [1.165, 1.54) is 18.3 Å². The Labute approximate surface area is 150 Å². The second-order valence-electron chi connectivity index (χ2n) is 6.16. The van der Waals surface area contributed by atoms with Crippen LogP contribution < -0.4 is 9.80 Å². The van der Waals surface area contributed by atoms with Gasteiger partial charge in [-0.05, 0) is 36.4 Å². The van der Waals surface area contributed by atoms with Crippen LogP contribution in [-0.2, 0) is 0 Å². The second kappa shape index (κ2) is 6.55. The van der Waals surface area contributed by atoms with Gasteiger partial charge in [-0.25, -0.2) is 9.37 Å². The number of para-hydroxylation sites is 2. The molecule has 5 nitrogen and oxygen atoms in total. The first-order chi connectivity index (χ1) is 12.6. The molecule has 0 aliphatic carbocycles. The van der Waals surface area contributed by atoms with Crippen molar-refractivity contribution in [3.63, 3.8) is 0 Å². The van der Waals surface area contributed by atoms with Crippen molar-refractivity contribution in [3.05, 3.63) is 72.4 Å². The minimum atomic E-state index is -0.317. The number of hydrogen-bond donors (Lipinski definition) is 0. The SMILES string of the molecule is CN1CCN(C(=O)c2cncc(-c3ccc(F)cc3)n2)c2ccccc21. The molecule has 0 bridgehead atoms. The van der Waals surface area contributed by atoms with Crippen molar-refractivity contribution in [2.75, 3.05) is 29.9 Å². The average Bonchev–Trinajstić information content (AvgIpc) is 2.69. The zero-order valence-electron chi connectivity index (χ0n) is 14.3. The highest BCUT2D eigenvalue weighted by Gasteiger charge is 2.26. The quantitative estimate of drug-likeness (QED) is 0.712. The van der Waals surface area contributed by atoms with Gasteiger partial charge in [-0.15, -0.1) is 0 Å². The smallest absolute Gasteiger partial charge is 0.278 e. The van der Waals surface area contributed by atoms with E-state index in [2.05, 4.69) is 14.9 Å². The highest BCUT2D eigenvalue weighted by Crippen LogP contribution is 2.32. The summed E-state index contributed by atoms with van der Waals surface area (Å²) in [5.74, 6) is -0.509. The van der Waals surface area contributed by atoms with Gasteiger partial charge in [-0.1, -0.05) is 12.1 Å². The Kier molecular flexibility index (Phi) is 4.08. The van der Waals surface area contributed by atoms with E-state index in [1.54, 1.807) is 23.2 Å². The monoisotopic (exact) mass is 348 g/mol. The number of benzene rings is 2. The third kappa shape index (κ3) is 2.90. The predicted molar refractivity (Wildman–Crippen MR) is 98.8 cm³/mol. The molecule has 0 radical (unpaired) electrons. The Morgan fingerprint density at radius 3 is 2.50 bits per heavy atom.